The maximum absolute atomic E-state index is 14.6. The van der Waals surface area contributed by atoms with Crippen LogP contribution in [0.2, 0.25) is 0 Å². The van der Waals surface area contributed by atoms with Crippen LogP contribution < -0.4 is 0 Å². The van der Waals surface area contributed by atoms with Gasteiger partial charge >= 0.3 is 0 Å². The summed E-state index contributed by atoms with van der Waals surface area (Å²) < 4.78 is 0. The maximum Gasteiger partial charge on any atom is 0.255 e. The Hall–Kier alpha value is -3.96. The van der Waals surface area contributed by atoms with Gasteiger partial charge in [-0.3, -0.25) is 9.69 Å². The number of hydrogen-bond donors (Lipinski definition) is 1. The number of rotatable bonds is 9. The van der Waals surface area contributed by atoms with Gasteiger partial charge in [-0.05, 0) is 71.9 Å². The second-order valence-electron chi connectivity index (χ2n) is 11.8. The van der Waals surface area contributed by atoms with Crippen LogP contribution in [0, 0.1) is 5.92 Å². The molecule has 210 valence electrons. The molecule has 5 nitrogen and oxygen atoms in total. The number of H-pyrrole nitrogens is 1. The van der Waals surface area contributed by atoms with Gasteiger partial charge in [0.15, 0.2) is 0 Å². The molecule has 0 bridgehead atoms. The Balaban J connectivity index is 1.43. The van der Waals surface area contributed by atoms with Crippen LogP contribution in [0.15, 0.2) is 91.0 Å². The van der Waals surface area contributed by atoms with E-state index in [0.29, 0.717) is 18.9 Å². The number of imidazole rings is 1. The summed E-state index contributed by atoms with van der Waals surface area (Å²) in [6.45, 7) is 8.26. The molecule has 5 aromatic rings. The fraction of sp³-hybridized carbons (Fsp3) is 0.333. The van der Waals surface area contributed by atoms with Crippen molar-refractivity contribution >= 4 is 27.7 Å². The van der Waals surface area contributed by atoms with Gasteiger partial charge in [0, 0.05) is 25.1 Å². The van der Waals surface area contributed by atoms with Gasteiger partial charge in [-0.25, -0.2) is 4.98 Å². The number of carbonyl (C=O) groups excluding carboxylic acids is 1. The van der Waals surface area contributed by atoms with Crippen molar-refractivity contribution in [1.82, 2.24) is 19.8 Å². The Labute approximate surface area is 243 Å². The predicted molar refractivity (Wildman–Crippen MR) is 168 cm³/mol. The van der Waals surface area contributed by atoms with Crippen molar-refractivity contribution in [1.29, 1.82) is 0 Å². The first-order valence-corrected chi connectivity index (χ1v) is 15.1. The zero-order valence-corrected chi connectivity index (χ0v) is 24.2. The average Bonchev–Trinajstić information content (AvgIpc) is 3.43. The van der Waals surface area contributed by atoms with Gasteiger partial charge in [0.25, 0.3) is 5.91 Å². The summed E-state index contributed by atoms with van der Waals surface area (Å²) in [5, 5.41) is 2.07. The molecule has 0 radical (unpaired) electrons. The number of nitrogens with zero attached hydrogens (tertiary/aromatic N) is 3. The third kappa shape index (κ3) is 6.06. The highest BCUT2D eigenvalue weighted by Gasteiger charge is 2.31. The second kappa shape index (κ2) is 12.3. The molecule has 1 saturated heterocycles. The lowest BCUT2D eigenvalue weighted by molar-refractivity contribution is 0.0641. The highest BCUT2D eigenvalue weighted by molar-refractivity contribution is 6.07. The van der Waals surface area contributed by atoms with Crippen molar-refractivity contribution in [2.45, 2.75) is 52.1 Å². The van der Waals surface area contributed by atoms with Crippen molar-refractivity contribution in [3.8, 4) is 0 Å². The number of hydrogen-bond acceptors (Lipinski definition) is 3. The van der Waals surface area contributed by atoms with Gasteiger partial charge in [-0.2, -0.15) is 0 Å². The van der Waals surface area contributed by atoms with Crippen molar-refractivity contribution in [3.05, 3.63) is 114 Å². The molecular weight excluding hydrogens is 504 g/mol. The number of fused-ring (bicyclic) bond motifs is 2. The third-order valence-electron chi connectivity index (χ3n) is 8.32. The molecule has 1 aromatic heterocycles. The van der Waals surface area contributed by atoms with E-state index in [-0.39, 0.29) is 11.9 Å². The van der Waals surface area contributed by atoms with Crippen molar-refractivity contribution < 1.29 is 4.79 Å². The lowest BCUT2D eigenvalue weighted by atomic mass is 9.96. The van der Waals surface area contributed by atoms with E-state index in [1.165, 1.54) is 30.4 Å². The van der Waals surface area contributed by atoms with Crippen LogP contribution in [0.25, 0.3) is 21.8 Å². The highest BCUT2D eigenvalue weighted by atomic mass is 16.2. The Kier molecular flexibility index (Phi) is 8.15. The number of piperidine rings is 1. The molecule has 4 aromatic carbocycles. The molecule has 1 fully saturated rings. The minimum atomic E-state index is -0.237. The van der Waals surface area contributed by atoms with Gasteiger partial charge in [0.1, 0.15) is 5.82 Å². The summed E-state index contributed by atoms with van der Waals surface area (Å²) >= 11 is 0. The molecule has 2 heterocycles. The van der Waals surface area contributed by atoms with E-state index in [2.05, 4.69) is 77.2 Å². The molecule has 6 rings (SSSR count). The summed E-state index contributed by atoms with van der Waals surface area (Å²) in [4.78, 5) is 27.9. The van der Waals surface area contributed by atoms with Crippen LogP contribution in [-0.4, -0.2) is 45.3 Å². The van der Waals surface area contributed by atoms with Crippen LogP contribution in [-0.2, 0) is 13.0 Å². The van der Waals surface area contributed by atoms with Crippen molar-refractivity contribution in [2.24, 2.45) is 5.92 Å². The zero-order chi connectivity index (χ0) is 28.2. The number of aromatic nitrogens is 2. The smallest absolute Gasteiger partial charge is 0.255 e. The average molecular weight is 545 g/mol. The molecule has 0 spiro atoms. The molecular formula is C36H40N4O. The van der Waals surface area contributed by atoms with Crippen molar-refractivity contribution in [2.75, 3.05) is 19.6 Å². The molecule has 41 heavy (non-hydrogen) atoms. The van der Waals surface area contributed by atoms with Gasteiger partial charge < -0.3 is 9.88 Å². The quantitative estimate of drug-likeness (QED) is 0.206. The Morgan fingerprint density at radius 1 is 0.854 bits per heavy atom. The predicted octanol–water partition coefficient (Wildman–Crippen LogP) is 7.78. The molecule has 1 N–H and O–H groups in total. The standard InChI is InChI=1S/C36H40N4O/c1-26(2)24-40(36(41)31-18-12-16-27-13-6-7-17-30(27)31)34(35-37-32-19-8-9-20-33(32)38-35)23-28-14-4-5-15-29(28)25-39-21-10-3-11-22-39/h4-9,12-20,26,34H,3,10-11,21-25H2,1-2H3,(H,37,38). The Morgan fingerprint density at radius 3 is 2.37 bits per heavy atom. The van der Waals surface area contributed by atoms with Crippen LogP contribution in [0.1, 0.15) is 66.5 Å². The van der Waals surface area contributed by atoms with E-state index in [9.17, 15) is 4.79 Å². The van der Waals surface area contributed by atoms with Crippen molar-refractivity contribution in [3.63, 3.8) is 0 Å². The van der Waals surface area contributed by atoms with E-state index in [1.807, 2.05) is 42.5 Å². The second-order valence-corrected chi connectivity index (χ2v) is 11.8. The fourth-order valence-corrected chi connectivity index (χ4v) is 6.27. The Bertz CT molecular complexity index is 1590. The summed E-state index contributed by atoms with van der Waals surface area (Å²) in [6.07, 6.45) is 4.57. The molecule has 1 aliphatic rings. The summed E-state index contributed by atoms with van der Waals surface area (Å²) in [5.74, 6) is 1.19. The molecule has 1 unspecified atom stereocenters. The van der Waals surface area contributed by atoms with E-state index in [1.54, 1.807) is 0 Å². The minimum Gasteiger partial charge on any atom is -0.340 e. The fourth-order valence-electron chi connectivity index (χ4n) is 6.27. The van der Waals surface area contributed by atoms with E-state index in [4.69, 9.17) is 4.98 Å². The maximum atomic E-state index is 14.6. The normalized spacial score (nSPS) is 15.0. The lowest BCUT2D eigenvalue weighted by Gasteiger charge is -2.33. The molecule has 1 aliphatic heterocycles. The summed E-state index contributed by atoms with van der Waals surface area (Å²) in [7, 11) is 0. The van der Waals surface area contributed by atoms with Gasteiger partial charge in [-0.1, -0.05) is 93.1 Å². The minimum absolute atomic E-state index is 0.0504. The number of benzene rings is 4. The lowest BCUT2D eigenvalue weighted by Crippen LogP contribution is -2.39. The zero-order valence-electron chi connectivity index (χ0n) is 24.2. The van der Waals surface area contributed by atoms with Crippen LogP contribution >= 0.6 is 0 Å². The third-order valence-corrected chi connectivity index (χ3v) is 8.32. The summed E-state index contributed by atoms with van der Waals surface area (Å²) in [6, 6.07) is 30.9. The number of nitrogens with one attached hydrogen (secondary N) is 1. The molecule has 0 aliphatic carbocycles. The topological polar surface area (TPSA) is 52.2 Å². The first kappa shape index (κ1) is 27.2. The summed E-state index contributed by atoms with van der Waals surface area (Å²) in [5.41, 5.74) is 5.29. The first-order chi connectivity index (χ1) is 20.1. The van der Waals surface area contributed by atoms with Gasteiger partial charge in [0.2, 0.25) is 0 Å². The number of para-hydroxylation sites is 2. The number of likely N-dealkylation sites (tertiary alicyclic amines) is 1. The Morgan fingerprint density at radius 2 is 1.56 bits per heavy atom. The largest absolute Gasteiger partial charge is 0.340 e. The van der Waals surface area contributed by atoms with Gasteiger partial charge in [-0.15, -0.1) is 0 Å². The van der Waals surface area contributed by atoms with Crippen LogP contribution in [0.5, 0.6) is 0 Å². The molecule has 1 amide bonds. The number of carbonyl (C=O) groups is 1. The molecule has 1 atom stereocenters. The first-order valence-electron chi connectivity index (χ1n) is 15.1. The number of amides is 1. The van der Waals surface area contributed by atoms with E-state index >= 15 is 0 Å². The monoisotopic (exact) mass is 544 g/mol. The molecule has 0 saturated carbocycles. The van der Waals surface area contributed by atoms with E-state index in [0.717, 1.165) is 52.8 Å². The van der Waals surface area contributed by atoms with Crippen LogP contribution in [0.4, 0.5) is 0 Å². The molecule has 5 heteroatoms. The van der Waals surface area contributed by atoms with Crippen LogP contribution in [0.3, 0.4) is 0 Å². The van der Waals surface area contributed by atoms with Gasteiger partial charge in [0.05, 0.1) is 17.1 Å². The SMILES string of the molecule is CC(C)CN(C(=O)c1cccc2ccccc12)C(Cc1ccccc1CN1CCCCC1)c1nc2ccccc2[nH]1. The highest BCUT2D eigenvalue weighted by Crippen LogP contribution is 2.31. The van der Waals surface area contributed by atoms with E-state index < -0.39 is 0 Å². The number of aromatic amines is 1.